The minimum atomic E-state index is -0.979. The van der Waals surface area contributed by atoms with E-state index in [1.165, 1.54) is 4.90 Å². The molecule has 2 heterocycles. The molecule has 10 heteroatoms. The van der Waals surface area contributed by atoms with E-state index >= 15 is 0 Å². The number of hydrogen-bond donors (Lipinski definition) is 3. The van der Waals surface area contributed by atoms with Gasteiger partial charge in [0, 0.05) is 12.1 Å². The Kier molecular flexibility index (Phi) is 5.59. The Morgan fingerprint density at radius 2 is 1.97 bits per heavy atom. The SMILES string of the molecule is Cc1nnc2n1-c1ccc(OCc3ccc(C(=N)N)cc3)cc1C(=O)N(CCC(=O)O)C2. The Labute approximate surface area is 183 Å². The molecule has 1 amide bonds. The summed E-state index contributed by atoms with van der Waals surface area (Å²) in [5.74, 6) is 0.431. The van der Waals surface area contributed by atoms with Gasteiger partial charge in [-0.2, -0.15) is 0 Å². The summed E-state index contributed by atoms with van der Waals surface area (Å²) in [6, 6.07) is 12.4. The van der Waals surface area contributed by atoms with Gasteiger partial charge in [0.1, 0.15) is 24.0 Å². The number of carbonyl (C=O) groups is 2. The summed E-state index contributed by atoms with van der Waals surface area (Å²) in [5, 5.41) is 24.8. The van der Waals surface area contributed by atoms with E-state index in [1.807, 2.05) is 12.1 Å². The lowest BCUT2D eigenvalue weighted by Crippen LogP contribution is -2.32. The predicted octanol–water partition coefficient (Wildman–Crippen LogP) is 1.87. The van der Waals surface area contributed by atoms with Crippen molar-refractivity contribution in [2.45, 2.75) is 26.5 Å². The molecule has 0 saturated carbocycles. The summed E-state index contributed by atoms with van der Waals surface area (Å²) in [4.78, 5) is 25.8. The average Bonchev–Trinajstić information content (AvgIpc) is 3.08. The molecule has 164 valence electrons. The summed E-state index contributed by atoms with van der Waals surface area (Å²) >= 11 is 0. The minimum Gasteiger partial charge on any atom is -0.489 e. The highest BCUT2D eigenvalue weighted by Crippen LogP contribution is 2.28. The van der Waals surface area contributed by atoms with Crippen LogP contribution >= 0.6 is 0 Å². The van der Waals surface area contributed by atoms with Gasteiger partial charge >= 0.3 is 5.97 Å². The van der Waals surface area contributed by atoms with Crippen LogP contribution in [0.2, 0.25) is 0 Å². The third kappa shape index (κ3) is 4.15. The van der Waals surface area contributed by atoms with Gasteiger partial charge in [0.05, 0.1) is 24.2 Å². The fraction of sp³-hybridized carbons (Fsp3) is 0.227. The smallest absolute Gasteiger partial charge is 0.305 e. The number of benzene rings is 2. The zero-order valence-corrected chi connectivity index (χ0v) is 17.4. The lowest BCUT2D eigenvalue weighted by atomic mass is 10.1. The molecule has 0 bridgehead atoms. The van der Waals surface area contributed by atoms with Gasteiger partial charge in [-0.25, -0.2) is 0 Å². The first-order valence-electron chi connectivity index (χ1n) is 9.96. The standard InChI is InChI=1S/C22H22N6O4/c1-13-25-26-19-11-27(9-8-20(29)30)22(31)17-10-16(6-7-18(17)28(13)19)32-12-14-2-4-15(5-3-14)21(23)24/h2-7,10H,8-9,11-12H2,1H3,(H3,23,24)(H,29,30). The highest BCUT2D eigenvalue weighted by molar-refractivity contribution is 5.99. The molecular weight excluding hydrogens is 412 g/mol. The molecule has 1 aliphatic heterocycles. The molecule has 3 aromatic rings. The van der Waals surface area contributed by atoms with Crippen LogP contribution in [0.5, 0.6) is 5.75 Å². The quantitative estimate of drug-likeness (QED) is 0.380. The normalized spacial score (nSPS) is 12.7. The van der Waals surface area contributed by atoms with Crippen LogP contribution in [0.1, 0.15) is 39.6 Å². The van der Waals surface area contributed by atoms with E-state index in [2.05, 4.69) is 10.2 Å². The van der Waals surface area contributed by atoms with Crippen molar-refractivity contribution in [3.8, 4) is 11.4 Å². The van der Waals surface area contributed by atoms with Crippen LogP contribution in [0.15, 0.2) is 42.5 Å². The predicted molar refractivity (Wildman–Crippen MR) is 115 cm³/mol. The number of amides is 1. The van der Waals surface area contributed by atoms with E-state index in [9.17, 15) is 9.59 Å². The van der Waals surface area contributed by atoms with E-state index in [4.69, 9.17) is 21.0 Å². The molecule has 0 radical (unpaired) electrons. The Hall–Kier alpha value is -4.21. The number of hydrogen-bond acceptors (Lipinski definition) is 6. The lowest BCUT2D eigenvalue weighted by molar-refractivity contribution is -0.137. The van der Waals surface area contributed by atoms with Gasteiger partial charge in [-0.05, 0) is 30.7 Å². The first kappa shape index (κ1) is 21.0. The molecule has 32 heavy (non-hydrogen) atoms. The molecule has 1 aromatic heterocycles. The summed E-state index contributed by atoms with van der Waals surface area (Å²) in [6.07, 6.45) is -0.166. The molecule has 4 N–H and O–H groups in total. The van der Waals surface area contributed by atoms with Crippen molar-refractivity contribution in [1.82, 2.24) is 19.7 Å². The number of aryl methyl sites for hydroxylation is 1. The number of fused-ring (bicyclic) bond motifs is 3. The van der Waals surface area contributed by atoms with Gasteiger partial charge in [0.25, 0.3) is 5.91 Å². The zero-order valence-electron chi connectivity index (χ0n) is 17.4. The Bertz CT molecular complexity index is 1200. The Morgan fingerprint density at radius 1 is 1.22 bits per heavy atom. The van der Waals surface area contributed by atoms with E-state index in [0.29, 0.717) is 34.2 Å². The van der Waals surface area contributed by atoms with Crippen molar-refractivity contribution in [1.29, 1.82) is 5.41 Å². The number of nitrogens with two attached hydrogens (primary N) is 1. The van der Waals surface area contributed by atoms with Crippen LogP contribution in [0, 0.1) is 12.3 Å². The van der Waals surface area contributed by atoms with Crippen molar-refractivity contribution in [2.75, 3.05) is 6.54 Å². The maximum absolute atomic E-state index is 13.2. The van der Waals surface area contributed by atoms with Crippen molar-refractivity contribution in [3.63, 3.8) is 0 Å². The number of amidine groups is 1. The molecule has 0 aliphatic carbocycles. The van der Waals surface area contributed by atoms with Crippen LogP contribution in [0.4, 0.5) is 0 Å². The maximum Gasteiger partial charge on any atom is 0.305 e. The van der Waals surface area contributed by atoms with Gasteiger partial charge in [-0.15, -0.1) is 10.2 Å². The van der Waals surface area contributed by atoms with Crippen LogP contribution in [0.3, 0.4) is 0 Å². The fourth-order valence-electron chi connectivity index (χ4n) is 3.56. The third-order valence-electron chi connectivity index (χ3n) is 5.22. The van der Waals surface area contributed by atoms with Crippen molar-refractivity contribution in [2.24, 2.45) is 5.73 Å². The second-order valence-corrected chi connectivity index (χ2v) is 7.45. The van der Waals surface area contributed by atoms with Crippen LogP contribution in [-0.4, -0.2) is 49.0 Å². The fourth-order valence-corrected chi connectivity index (χ4v) is 3.56. The van der Waals surface area contributed by atoms with Gasteiger partial charge in [0.15, 0.2) is 5.82 Å². The molecular formula is C22H22N6O4. The minimum absolute atomic E-state index is 0.00200. The number of aromatic nitrogens is 3. The topological polar surface area (TPSA) is 147 Å². The summed E-state index contributed by atoms with van der Waals surface area (Å²) < 4.78 is 7.69. The number of aliphatic carboxylic acids is 1. The Balaban J connectivity index is 1.62. The molecule has 0 unspecified atom stereocenters. The molecule has 4 rings (SSSR count). The highest BCUT2D eigenvalue weighted by atomic mass is 16.5. The van der Waals surface area contributed by atoms with E-state index in [1.54, 1.807) is 41.8 Å². The second kappa shape index (κ2) is 8.50. The lowest BCUT2D eigenvalue weighted by Gasteiger charge is -2.19. The molecule has 2 aromatic carbocycles. The van der Waals surface area contributed by atoms with Crippen LogP contribution < -0.4 is 10.5 Å². The molecule has 10 nitrogen and oxygen atoms in total. The average molecular weight is 434 g/mol. The summed E-state index contributed by atoms with van der Waals surface area (Å²) in [7, 11) is 0. The van der Waals surface area contributed by atoms with Crippen molar-refractivity contribution < 1.29 is 19.4 Å². The van der Waals surface area contributed by atoms with Gasteiger partial charge in [-0.3, -0.25) is 19.6 Å². The molecule has 0 atom stereocenters. The number of carboxylic acid groups (broad SMARTS) is 1. The monoisotopic (exact) mass is 434 g/mol. The molecule has 0 spiro atoms. The Morgan fingerprint density at radius 3 is 2.66 bits per heavy atom. The number of carbonyl (C=O) groups excluding carboxylic acids is 1. The number of nitrogens with one attached hydrogen (secondary N) is 1. The molecule has 0 saturated heterocycles. The van der Waals surface area contributed by atoms with E-state index < -0.39 is 5.97 Å². The second-order valence-electron chi connectivity index (χ2n) is 7.45. The van der Waals surface area contributed by atoms with E-state index in [0.717, 1.165) is 5.56 Å². The largest absolute Gasteiger partial charge is 0.489 e. The van der Waals surface area contributed by atoms with Gasteiger partial charge in [-0.1, -0.05) is 24.3 Å². The maximum atomic E-state index is 13.2. The number of ether oxygens (including phenoxy) is 1. The van der Waals surface area contributed by atoms with E-state index in [-0.39, 0.29) is 37.9 Å². The first-order chi connectivity index (χ1) is 15.3. The first-order valence-corrected chi connectivity index (χ1v) is 9.96. The van der Waals surface area contributed by atoms with Crippen molar-refractivity contribution >= 4 is 17.7 Å². The number of nitrogen functional groups attached to an aromatic ring is 1. The van der Waals surface area contributed by atoms with Crippen LogP contribution in [0.25, 0.3) is 5.69 Å². The van der Waals surface area contributed by atoms with Gasteiger partial charge in [0.2, 0.25) is 0 Å². The third-order valence-corrected chi connectivity index (χ3v) is 5.22. The number of rotatable bonds is 7. The van der Waals surface area contributed by atoms with Crippen LogP contribution in [-0.2, 0) is 17.9 Å². The highest BCUT2D eigenvalue weighted by Gasteiger charge is 2.29. The zero-order chi connectivity index (χ0) is 22.8. The van der Waals surface area contributed by atoms with Gasteiger partial charge < -0.3 is 20.5 Å². The summed E-state index contributed by atoms with van der Waals surface area (Å²) in [6.45, 7) is 2.30. The number of carboxylic acids is 1. The van der Waals surface area contributed by atoms with Crippen molar-refractivity contribution in [3.05, 3.63) is 70.8 Å². The summed E-state index contributed by atoms with van der Waals surface area (Å²) in [5.41, 5.74) is 8.01. The number of nitrogens with zero attached hydrogens (tertiary/aromatic N) is 4. The molecule has 1 aliphatic rings. The molecule has 0 fully saturated rings.